The molecular weight excluding hydrogens is 264 g/mol. The van der Waals surface area contributed by atoms with Gasteiger partial charge in [0.15, 0.2) is 0 Å². The van der Waals surface area contributed by atoms with E-state index in [2.05, 4.69) is 60.3 Å². The third-order valence-corrected chi connectivity index (χ3v) is 3.97. The lowest BCUT2D eigenvalue weighted by molar-refractivity contribution is -0.243. The van der Waals surface area contributed by atoms with Crippen LogP contribution in [0.1, 0.15) is 87.5 Å². The molecule has 0 radical (unpaired) electrons. The summed E-state index contributed by atoms with van der Waals surface area (Å²) in [7, 11) is 0. The highest BCUT2D eigenvalue weighted by Crippen LogP contribution is 2.42. The summed E-state index contributed by atoms with van der Waals surface area (Å²) >= 11 is 0. The van der Waals surface area contributed by atoms with Crippen molar-refractivity contribution in [1.29, 1.82) is 0 Å². The van der Waals surface area contributed by atoms with E-state index in [1.807, 2.05) is 0 Å². The van der Waals surface area contributed by atoms with Crippen LogP contribution in [-0.2, 0) is 9.68 Å². The quantitative estimate of drug-likeness (QED) is 0.373. The Hall–Kier alpha value is -0.570. The number of hydrogen-bond donors (Lipinski definition) is 1. The van der Waals surface area contributed by atoms with Crippen LogP contribution in [0.5, 0.6) is 0 Å². The number of hydrogen-bond acceptors (Lipinski definition) is 3. The van der Waals surface area contributed by atoms with Crippen molar-refractivity contribution in [2.75, 3.05) is 0 Å². The van der Waals surface area contributed by atoms with E-state index in [-0.39, 0.29) is 16.7 Å². The molecule has 0 rings (SSSR count). The highest BCUT2D eigenvalue weighted by atomic mass is 17.1. The van der Waals surface area contributed by atoms with Crippen molar-refractivity contribution in [3.8, 4) is 0 Å². The molecule has 0 aromatic heterocycles. The van der Waals surface area contributed by atoms with Gasteiger partial charge in [-0.05, 0) is 35.5 Å². The Labute approximate surface area is 131 Å². The Morgan fingerprint density at radius 1 is 0.952 bits per heavy atom. The van der Waals surface area contributed by atoms with Crippen LogP contribution >= 0.6 is 0 Å². The summed E-state index contributed by atoms with van der Waals surface area (Å²) in [5.41, 5.74) is 0.288. The van der Waals surface area contributed by atoms with Crippen LogP contribution < -0.4 is 0 Å². The maximum Gasteiger partial charge on any atom is 0.345 e. The van der Waals surface area contributed by atoms with Crippen molar-refractivity contribution in [2.45, 2.75) is 87.5 Å². The molecule has 1 unspecified atom stereocenters. The lowest BCUT2D eigenvalue weighted by Gasteiger charge is -2.37. The van der Waals surface area contributed by atoms with Gasteiger partial charge in [0.25, 0.3) is 0 Å². The van der Waals surface area contributed by atoms with Crippen molar-refractivity contribution in [3.63, 3.8) is 0 Å². The Morgan fingerprint density at radius 2 is 1.48 bits per heavy atom. The standard InChI is InChI=1S/C18H36O3/c1-16(2,3)12-10-9-11-14(15(19)21-20)18(7,8)13-17(4,5)6/h14,20H,9-13H2,1-8H3. The van der Waals surface area contributed by atoms with Crippen LogP contribution in [0, 0.1) is 22.2 Å². The third kappa shape index (κ3) is 9.13. The second-order valence-corrected chi connectivity index (χ2v) is 9.50. The fourth-order valence-electron chi connectivity index (χ4n) is 3.39. The van der Waals surface area contributed by atoms with Crippen molar-refractivity contribution in [3.05, 3.63) is 0 Å². The van der Waals surface area contributed by atoms with Crippen molar-refractivity contribution >= 4 is 5.97 Å². The molecule has 21 heavy (non-hydrogen) atoms. The Morgan fingerprint density at radius 3 is 1.86 bits per heavy atom. The van der Waals surface area contributed by atoms with Gasteiger partial charge in [-0.2, -0.15) is 5.26 Å². The van der Waals surface area contributed by atoms with E-state index >= 15 is 0 Å². The summed E-state index contributed by atoms with van der Waals surface area (Å²) in [6, 6.07) is 0. The molecule has 0 fully saturated rings. The van der Waals surface area contributed by atoms with Crippen LogP contribution in [0.2, 0.25) is 0 Å². The summed E-state index contributed by atoms with van der Waals surface area (Å²) in [4.78, 5) is 16.0. The molecule has 0 aliphatic heterocycles. The monoisotopic (exact) mass is 300 g/mol. The molecule has 0 bridgehead atoms. The molecule has 0 aliphatic rings. The third-order valence-electron chi connectivity index (χ3n) is 3.97. The van der Waals surface area contributed by atoms with Gasteiger partial charge >= 0.3 is 5.97 Å². The zero-order valence-corrected chi connectivity index (χ0v) is 15.4. The highest BCUT2D eigenvalue weighted by Gasteiger charge is 2.38. The molecule has 0 aromatic rings. The first kappa shape index (κ1) is 20.4. The fraction of sp³-hybridized carbons (Fsp3) is 0.944. The maximum absolute atomic E-state index is 12.0. The first-order valence-electron chi connectivity index (χ1n) is 8.14. The summed E-state index contributed by atoms with van der Waals surface area (Å²) in [6.45, 7) is 17.4. The molecule has 126 valence electrons. The molecule has 0 heterocycles. The van der Waals surface area contributed by atoms with E-state index < -0.39 is 5.97 Å². The van der Waals surface area contributed by atoms with Gasteiger partial charge in [-0.3, -0.25) is 0 Å². The minimum Gasteiger partial charge on any atom is -0.301 e. The number of carbonyl (C=O) groups is 1. The molecule has 0 aliphatic carbocycles. The zero-order chi connectivity index (χ0) is 16.9. The fourth-order valence-corrected chi connectivity index (χ4v) is 3.39. The Bertz CT molecular complexity index is 318. The van der Waals surface area contributed by atoms with Gasteiger partial charge in [-0.1, -0.05) is 68.2 Å². The lowest BCUT2D eigenvalue weighted by Crippen LogP contribution is -2.35. The normalized spacial score (nSPS) is 14.9. The van der Waals surface area contributed by atoms with E-state index in [9.17, 15) is 4.79 Å². The average molecular weight is 300 g/mol. The second-order valence-electron chi connectivity index (χ2n) is 9.50. The maximum atomic E-state index is 12.0. The highest BCUT2D eigenvalue weighted by molar-refractivity contribution is 5.72. The van der Waals surface area contributed by atoms with E-state index in [4.69, 9.17) is 5.26 Å². The summed E-state index contributed by atoms with van der Waals surface area (Å²) in [6.07, 6.45) is 4.93. The molecule has 3 nitrogen and oxygen atoms in total. The number of carbonyl (C=O) groups excluding carboxylic acids is 1. The van der Waals surface area contributed by atoms with Crippen LogP contribution in [0.15, 0.2) is 0 Å². The summed E-state index contributed by atoms with van der Waals surface area (Å²) in [5, 5.41) is 8.80. The van der Waals surface area contributed by atoms with Gasteiger partial charge in [0.1, 0.15) is 0 Å². The predicted molar refractivity (Wildman–Crippen MR) is 88.0 cm³/mol. The second kappa shape index (κ2) is 7.62. The molecule has 0 amide bonds. The number of rotatable bonds is 7. The van der Waals surface area contributed by atoms with E-state index in [1.54, 1.807) is 0 Å². The first-order valence-corrected chi connectivity index (χ1v) is 8.14. The van der Waals surface area contributed by atoms with Crippen LogP contribution in [0.3, 0.4) is 0 Å². The molecule has 0 saturated heterocycles. The first-order chi connectivity index (χ1) is 9.28. The predicted octanol–water partition coefficient (Wildman–Crippen LogP) is 5.69. The molecule has 3 heteroatoms. The molecule has 0 saturated carbocycles. The minimum atomic E-state index is -0.486. The van der Waals surface area contributed by atoms with Crippen LogP contribution in [0.25, 0.3) is 0 Å². The largest absolute Gasteiger partial charge is 0.345 e. The molecular formula is C18H36O3. The summed E-state index contributed by atoms with van der Waals surface area (Å²) in [5.74, 6) is -0.735. The topological polar surface area (TPSA) is 46.5 Å². The zero-order valence-electron chi connectivity index (χ0n) is 15.4. The number of unbranched alkanes of at least 4 members (excludes halogenated alkanes) is 1. The smallest absolute Gasteiger partial charge is 0.301 e. The molecule has 1 atom stereocenters. The van der Waals surface area contributed by atoms with Gasteiger partial charge in [0, 0.05) is 0 Å². The van der Waals surface area contributed by atoms with E-state index in [1.165, 1.54) is 0 Å². The van der Waals surface area contributed by atoms with Crippen molar-refractivity contribution in [1.82, 2.24) is 0 Å². The SMILES string of the molecule is CC(C)(C)CCCCC(C(=O)OO)C(C)(C)CC(C)(C)C. The molecule has 0 aromatic carbocycles. The van der Waals surface area contributed by atoms with E-state index in [0.717, 1.165) is 32.1 Å². The van der Waals surface area contributed by atoms with Gasteiger partial charge in [0.2, 0.25) is 0 Å². The Balaban J connectivity index is 4.70. The van der Waals surface area contributed by atoms with Crippen LogP contribution in [-0.4, -0.2) is 11.2 Å². The van der Waals surface area contributed by atoms with Crippen LogP contribution in [0.4, 0.5) is 0 Å². The van der Waals surface area contributed by atoms with Gasteiger partial charge < -0.3 is 4.89 Å². The van der Waals surface area contributed by atoms with Gasteiger partial charge in [-0.25, -0.2) is 4.79 Å². The van der Waals surface area contributed by atoms with Crippen molar-refractivity contribution in [2.24, 2.45) is 22.2 Å². The van der Waals surface area contributed by atoms with Crippen molar-refractivity contribution < 1.29 is 14.9 Å². The lowest BCUT2D eigenvalue weighted by atomic mass is 9.67. The minimum absolute atomic E-state index is 0.142. The summed E-state index contributed by atoms with van der Waals surface area (Å²) < 4.78 is 0. The van der Waals surface area contributed by atoms with Gasteiger partial charge in [0.05, 0.1) is 5.92 Å². The Kier molecular flexibility index (Phi) is 7.41. The molecule has 1 N–H and O–H groups in total. The van der Waals surface area contributed by atoms with Gasteiger partial charge in [-0.15, -0.1) is 0 Å². The van der Waals surface area contributed by atoms with E-state index in [0.29, 0.717) is 5.41 Å². The molecule has 0 spiro atoms. The average Bonchev–Trinajstić information content (AvgIpc) is 2.22.